The zero-order valence-electron chi connectivity index (χ0n) is 15.2. The average Bonchev–Trinajstić information content (AvgIpc) is 2.94. The maximum atomic E-state index is 14.6. The van der Waals surface area contributed by atoms with Crippen LogP contribution in [-0.2, 0) is 6.42 Å². The Hall–Kier alpha value is -1.83. The maximum absolute atomic E-state index is 14.6. The van der Waals surface area contributed by atoms with E-state index in [1.54, 1.807) is 13.2 Å². The van der Waals surface area contributed by atoms with E-state index in [-0.39, 0.29) is 11.2 Å². The number of hydrogen-bond donors (Lipinski definition) is 0. The third kappa shape index (κ3) is 3.07. The molecule has 3 rings (SSSR count). The molecule has 0 radical (unpaired) electrons. The topological polar surface area (TPSA) is 9.23 Å². The minimum atomic E-state index is -0.183. The third-order valence-corrected chi connectivity index (χ3v) is 5.62. The molecule has 0 unspecified atom stereocenters. The zero-order valence-corrected chi connectivity index (χ0v) is 15.2. The second kappa shape index (κ2) is 6.58. The largest absolute Gasteiger partial charge is 0.497 e. The van der Waals surface area contributed by atoms with Crippen LogP contribution in [0, 0.1) is 11.2 Å². The lowest BCUT2D eigenvalue weighted by Gasteiger charge is -2.30. The first-order chi connectivity index (χ1) is 11.5. The molecule has 0 aromatic heterocycles. The summed E-state index contributed by atoms with van der Waals surface area (Å²) in [5, 5.41) is 0. The van der Waals surface area contributed by atoms with Gasteiger partial charge in [0.15, 0.2) is 0 Å². The first kappa shape index (κ1) is 17.0. The summed E-state index contributed by atoms with van der Waals surface area (Å²) in [6.07, 6.45) is 4.65. The minimum Gasteiger partial charge on any atom is -0.497 e. The number of benzene rings is 2. The summed E-state index contributed by atoms with van der Waals surface area (Å²) in [5.41, 5.74) is 4.54. The van der Waals surface area contributed by atoms with Crippen molar-refractivity contribution < 1.29 is 9.13 Å². The van der Waals surface area contributed by atoms with E-state index >= 15 is 0 Å². The summed E-state index contributed by atoms with van der Waals surface area (Å²) >= 11 is 0. The lowest BCUT2D eigenvalue weighted by atomic mass is 9.75. The minimum absolute atomic E-state index is 0.183. The van der Waals surface area contributed by atoms with Crippen molar-refractivity contribution in [2.75, 3.05) is 7.11 Å². The molecule has 128 valence electrons. The van der Waals surface area contributed by atoms with Crippen molar-refractivity contribution in [2.45, 2.75) is 52.4 Å². The highest BCUT2D eigenvalue weighted by molar-refractivity contribution is 5.71. The number of methoxy groups -OCH3 is 1. The van der Waals surface area contributed by atoms with Gasteiger partial charge in [0, 0.05) is 5.56 Å². The van der Waals surface area contributed by atoms with E-state index in [9.17, 15) is 4.39 Å². The Morgan fingerprint density at radius 1 is 1.12 bits per heavy atom. The molecule has 1 nitrogen and oxygen atoms in total. The number of halogens is 1. The zero-order chi connectivity index (χ0) is 17.3. The standard InChI is InChI=1S/C22H27FO/c1-5-15-8-10-17(19-14-16(24-4)9-11-21(19)23)18(13-15)20-7-6-12-22(20,2)3/h8-11,13-14,20H,5-7,12H2,1-4H3/t20-/m1/s1. The van der Waals surface area contributed by atoms with Gasteiger partial charge in [-0.15, -0.1) is 0 Å². The molecule has 0 N–H and O–H groups in total. The molecule has 0 amide bonds. The average molecular weight is 326 g/mol. The molecule has 0 bridgehead atoms. The highest BCUT2D eigenvalue weighted by Crippen LogP contribution is 2.51. The van der Waals surface area contributed by atoms with Crippen LogP contribution in [0.5, 0.6) is 5.75 Å². The van der Waals surface area contributed by atoms with Crippen LogP contribution in [0.15, 0.2) is 36.4 Å². The SMILES string of the molecule is CCc1ccc(-c2cc(OC)ccc2F)c([C@H]2CCCC2(C)C)c1. The Morgan fingerprint density at radius 2 is 1.92 bits per heavy atom. The summed E-state index contributed by atoms with van der Waals surface area (Å²) in [7, 11) is 1.62. The lowest BCUT2D eigenvalue weighted by Crippen LogP contribution is -2.16. The highest BCUT2D eigenvalue weighted by atomic mass is 19.1. The molecule has 2 heteroatoms. The van der Waals surface area contributed by atoms with Gasteiger partial charge in [-0.05, 0) is 65.5 Å². The second-order valence-corrected chi connectivity index (χ2v) is 7.55. The van der Waals surface area contributed by atoms with E-state index in [1.165, 1.54) is 36.5 Å². The molecule has 0 aliphatic heterocycles. The van der Waals surface area contributed by atoms with E-state index in [0.717, 1.165) is 12.0 Å². The Labute approximate surface area is 144 Å². The molecule has 1 fully saturated rings. The third-order valence-electron chi connectivity index (χ3n) is 5.62. The molecule has 2 aromatic rings. The highest BCUT2D eigenvalue weighted by Gasteiger charge is 2.37. The van der Waals surface area contributed by atoms with Gasteiger partial charge in [-0.1, -0.05) is 45.4 Å². The summed E-state index contributed by atoms with van der Waals surface area (Å²) in [4.78, 5) is 0. The predicted octanol–water partition coefficient (Wildman–Crippen LogP) is 6.36. The monoisotopic (exact) mass is 326 g/mol. The van der Waals surface area contributed by atoms with E-state index < -0.39 is 0 Å². The van der Waals surface area contributed by atoms with Crippen LogP contribution in [0.2, 0.25) is 0 Å². The first-order valence-electron chi connectivity index (χ1n) is 8.93. The van der Waals surface area contributed by atoms with Gasteiger partial charge in [0.1, 0.15) is 11.6 Å². The Morgan fingerprint density at radius 3 is 2.54 bits per heavy atom. The van der Waals surface area contributed by atoms with Crippen LogP contribution in [0.4, 0.5) is 4.39 Å². The van der Waals surface area contributed by atoms with Gasteiger partial charge in [-0.3, -0.25) is 0 Å². The van der Waals surface area contributed by atoms with Crippen molar-refractivity contribution in [3.8, 4) is 16.9 Å². The fraction of sp³-hybridized carbons (Fsp3) is 0.455. The smallest absolute Gasteiger partial charge is 0.131 e. The number of rotatable bonds is 4. The van der Waals surface area contributed by atoms with Crippen LogP contribution in [-0.4, -0.2) is 7.11 Å². The Balaban J connectivity index is 2.18. The van der Waals surface area contributed by atoms with Gasteiger partial charge in [-0.25, -0.2) is 4.39 Å². The van der Waals surface area contributed by atoms with Crippen LogP contribution in [0.3, 0.4) is 0 Å². The summed E-state index contributed by atoms with van der Waals surface area (Å²) in [6, 6.07) is 11.5. The van der Waals surface area contributed by atoms with E-state index in [4.69, 9.17) is 4.74 Å². The van der Waals surface area contributed by atoms with E-state index in [0.29, 0.717) is 17.2 Å². The molecule has 24 heavy (non-hydrogen) atoms. The quantitative estimate of drug-likeness (QED) is 0.635. The summed E-state index contributed by atoms with van der Waals surface area (Å²) in [6.45, 7) is 6.86. The Kier molecular flexibility index (Phi) is 4.67. The summed E-state index contributed by atoms with van der Waals surface area (Å²) < 4.78 is 19.9. The van der Waals surface area contributed by atoms with Gasteiger partial charge in [-0.2, -0.15) is 0 Å². The van der Waals surface area contributed by atoms with Crippen molar-refractivity contribution in [2.24, 2.45) is 5.41 Å². The van der Waals surface area contributed by atoms with Crippen LogP contribution >= 0.6 is 0 Å². The fourth-order valence-electron chi connectivity index (χ4n) is 4.11. The molecule has 2 aromatic carbocycles. The van der Waals surface area contributed by atoms with Crippen LogP contribution < -0.4 is 4.74 Å². The number of aryl methyl sites for hydroxylation is 1. The number of ether oxygens (including phenoxy) is 1. The molecular formula is C22H27FO. The van der Waals surface area contributed by atoms with Gasteiger partial charge in [0.2, 0.25) is 0 Å². The molecule has 0 spiro atoms. The van der Waals surface area contributed by atoms with Gasteiger partial charge in [0.05, 0.1) is 7.11 Å². The van der Waals surface area contributed by atoms with Crippen molar-refractivity contribution in [3.63, 3.8) is 0 Å². The molecule has 1 aliphatic carbocycles. The van der Waals surface area contributed by atoms with Crippen molar-refractivity contribution >= 4 is 0 Å². The van der Waals surface area contributed by atoms with Crippen molar-refractivity contribution in [1.82, 2.24) is 0 Å². The fourth-order valence-corrected chi connectivity index (χ4v) is 4.11. The molecule has 0 saturated heterocycles. The lowest BCUT2D eigenvalue weighted by molar-refractivity contribution is 0.332. The molecular weight excluding hydrogens is 299 g/mol. The Bertz CT molecular complexity index is 733. The molecule has 1 aliphatic rings. The molecule has 1 saturated carbocycles. The molecule has 0 heterocycles. The second-order valence-electron chi connectivity index (χ2n) is 7.55. The number of hydrogen-bond acceptors (Lipinski definition) is 1. The van der Waals surface area contributed by atoms with E-state index in [2.05, 4.69) is 39.0 Å². The molecule has 1 atom stereocenters. The predicted molar refractivity (Wildman–Crippen MR) is 98.1 cm³/mol. The van der Waals surface area contributed by atoms with Crippen LogP contribution in [0.25, 0.3) is 11.1 Å². The van der Waals surface area contributed by atoms with E-state index in [1.807, 2.05) is 6.07 Å². The first-order valence-corrected chi connectivity index (χ1v) is 8.93. The van der Waals surface area contributed by atoms with Crippen molar-refractivity contribution in [1.29, 1.82) is 0 Å². The van der Waals surface area contributed by atoms with Crippen molar-refractivity contribution in [3.05, 3.63) is 53.3 Å². The normalized spacial score (nSPS) is 19.5. The van der Waals surface area contributed by atoms with Gasteiger partial charge < -0.3 is 4.74 Å². The van der Waals surface area contributed by atoms with Crippen LogP contribution in [0.1, 0.15) is 57.1 Å². The van der Waals surface area contributed by atoms with Gasteiger partial charge in [0.25, 0.3) is 0 Å². The maximum Gasteiger partial charge on any atom is 0.131 e. The summed E-state index contributed by atoms with van der Waals surface area (Å²) in [5.74, 6) is 0.990. The van der Waals surface area contributed by atoms with Gasteiger partial charge >= 0.3 is 0 Å².